The van der Waals surface area contributed by atoms with E-state index in [-0.39, 0.29) is 5.91 Å². The topological polar surface area (TPSA) is 68.2 Å². The van der Waals surface area contributed by atoms with Crippen LogP contribution in [0.5, 0.6) is 0 Å². The molecule has 6 nitrogen and oxygen atoms in total. The highest BCUT2D eigenvalue weighted by atomic mass is 16.5. The maximum absolute atomic E-state index is 11.5. The van der Waals surface area contributed by atoms with E-state index in [1.807, 2.05) is 13.2 Å². The molecule has 0 atom stereocenters. The highest BCUT2D eigenvalue weighted by molar-refractivity contribution is 5.75. The standard InChI is InChI=1S/C11H20N4O2/c1-12-6-10-7-15(9-14-10)8-11(16)13-4-3-5-17-2/h7,9,12H,3-6,8H2,1-2H3,(H,13,16). The van der Waals surface area contributed by atoms with Crippen LogP contribution in [-0.2, 0) is 22.6 Å². The van der Waals surface area contributed by atoms with Gasteiger partial charge in [0, 0.05) is 33.0 Å². The summed E-state index contributed by atoms with van der Waals surface area (Å²) < 4.78 is 6.67. The van der Waals surface area contributed by atoms with Gasteiger partial charge in [-0.15, -0.1) is 0 Å². The van der Waals surface area contributed by atoms with Crippen molar-refractivity contribution < 1.29 is 9.53 Å². The SMILES string of the molecule is CNCc1cn(CC(=O)NCCCOC)cn1. The van der Waals surface area contributed by atoms with Crippen molar-refractivity contribution in [3.8, 4) is 0 Å². The normalized spacial score (nSPS) is 10.5. The third kappa shape index (κ3) is 5.46. The molecule has 1 amide bonds. The molecule has 1 aromatic rings. The Bertz CT molecular complexity index is 338. The number of carbonyl (C=O) groups excluding carboxylic acids is 1. The lowest BCUT2D eigenvalue weighted by molar-refractivity contribution is -0.121. The van der Waals surface area contributed by atoms with E-state index >= 15 is 0 Å². The van der Waals surface area contributed by atoms with E-state index in [0.29, 0.717) is 26.2 Å². The number of nitrogens with zero attached hydrogens (tertiary/aromatic N) is 2. The first-order chi connectivity index (χ1) is 8.26. The van der Waals surface area contributed by atoms with Crippen LogP contribution < -0.4 is 10.6 Å². The predicted octanol–water partition coefficient (Wildman–Crippen LogP) is -0.245. The van der Waals surface area contributed by atoms with E-state index in [9.17, 15) is 4.79 Å². The van der Waals surface area contributed by atoms with Gasteiger partial charge in [0.15, 0.2) is 0 Å². The number of imidazole rings is 1. The van der Waals surface area contributed by atoms with Crippen molar-refractivity contribution in [1.29, 1.82) is 0 Å². The number of hydrogen-bond acceptors (Lipinski definition) is 4. The lowest BCUT2D eigenvalue weighted by Crippen LogP contribution is -2.28. The molecule has 0 aliphatic heterocycles. The number of methoxy groups -OCH3 is 1. The van der Waals surface area contributed by atoms with Gasteiger partial charge in [-0.2, -0.15) is 0 Å². The minimum atomic E-state index is -0.00508. The van der Waals surface area contributed by atoms with Crippen molar-refractivity contribution in [2.45, 2.75) is 19.5 Å². The molecule has 0 bridgehead atoms. The Morgan fingerprint density at radius 1 is 1.59 bits per heavy atom. The summed E-state index contributed by atoms with van der Waals surface area (Å²) in [4.78, 5) is 15.7. The molecule has 0 saturated heterocycles. The molecule has 0 aromatic carbocycles. The highest BCUT2D eigenvalue weighted by Crippen LogP contribution is 1.95. The van der Waals surface area contributed by atoms with Gasteiger partial charge >= 0.3 is 0 Å². The fourth-order valence-corrected chi connectivity index (χ4v) is 1.43. The van der Waals surface area contributed by atoms with Gasteiger partial charge in [-0.1, -0.05) is 0 Å². The van der Waals surface area contributed by atoms with Crippen LogP contribution >= 0.6 is 0 Å². The van der Waals surface area contributed by atoms with Crippen LogP contribution in [0.2, 0.25) is 0 Å². The first-order valence-electron chi connectivity index (χ1n) is 5.67. The smallest absolute Gasteiger partial charge is 0.239 e. The highest BCUT2D eigenvalue weighted by Gasteiger charge is 2.03. The molecular weight excluding hydrogens is 220 g/mol. The Balaban J connectivity index is 2.24. The Morgan fingerprint density at radius 3 is 3.12 bits per heavy atom. The molecule has 0 spiro atoms. The van der Waals surface area contributed by atoms with Gasteiger partial charge in [0.05, 0.1) is 12.0 Å². The summed E-state index contributed by atoms with van der Waals surface area (Å²) >= 11 is 0. The second-order valence-corrected chi connectivity index (χ2v) is 3.76. The van der Waals surface area contributed by atoms with Gasteiger partial charge in [0.1, 0.15) is 6.54 Å². The molecule has 0 radical (unpaired) electrons. The predicted molar refractivity (Wildman–Crippen MR) is 64.5 cm³/mol. The fourth-order valence-electron chi connectivity index (χ4n) is 1.43. The lowest BCUT2D eigenvalue weighted by atomic mass is 10.4. The molecular formula is C11H20N4O2. The summed E-state index contributed by atoms with van der Waals surface area (Å²) in [6.07, 6.45) is 4.36. The van der Waals surface area contributed by atoms with Crippen LogP contribution in [0, 0.1) is 0 Å². The Morgan fingerprint density at radius 2 is 2.41 bits per heavy atom. The van der Waals surface area contributed by atoms with Crippen molar-refractivity contribution in [2.24, 2.45) is 0 Å². The molecule has 96 valence electrons. The summed E-state index contributed by atoms with van der Waals surface area (Å²) in [7, 11) is 3.51. The molecule has 2 N–H and O–H groups in total. The van der Waals surface area contributed by atoms with Crippen molar-refractivity contribution >= 4 is 5.91 Å². The van der Waals surface area contributed by atoms with Crippen molar-refractivity contribution in [3.05, 3.63) is 18.2 Å². The largest absolute Gasteiger partial charge is 0.385 e. The second kappa shape index (κ2) is 7.81. The Hall–Kier alpha value is -1.40. The van der Waals surface area contributed by atoms with Gasteiger partial charge < -0.3 is 19.9 Å². The maximum Gasteiger partial charge on any atom is 0.239 e. The fraction of sp³-hybridized carbons (Fsp3) is 0.636. The lowest BCUT2D eigenvalue weighted by Gasteiger charge is -2.05. The number of hydrogen-bond donors (Lipinski definition) is 2. The van der Waals surface area contributed by atoms with Crippen LogP contribution in [0.25, 0.3) is 0 Å². The average molecular weight is 240 g/mol. The van der Waals surface area contributed by atoms with E-state index in [1.165, 1.54) is 0 Å². The van der Waals surface area contributed by atoms with E-state index in [2.05, 4.69) is 15.6 Å². The van der Waals surface area contributed by atoms with E-state index in [1.54, 1.807) is 18.0 Å². The molecule has 0 saturated carbocycles. The van der Waals surface area contributed by atoms with Gasteiger partial charge in [0.2, 0.25) is 5.91 Å². The molecule has 0 aliphatic rings. The summed E-state index contributed by atoms with van der Waals surface area (Å²) in [5, 5.41) is 5.83. The second-order valence-electron chi connectivity index (χ2n) is 3.76. The van der Waals surface area contributed by atoms with Crippen molar-refractivity contribution in [3.63, 3.8) is 0 Å². The monoisotopic (exact) mass is 240 g/mol. The zero-order chi connectivity index (χ0) is 12.5. The number of rotatable bonds is 8. The zero-order valence-electron chi connectivity index (χ0n) is 10.4. The van der Waals surface area contributed by atoms with Crippen LogP contribution in [0.15, 0.2) is 12.5 Å². The molecule has 17 heavy (non-hydrogen) atoms. The van der Waals surface area contributed by atoms with Crippen molar-refractivity contribution in [1.82, 2.24) is 20.2 Å². The van der Waals surface area contributed by atoms with E-state index in [0.717, 1.165) is 12.1 Å². The molecule has 0 aliphatic carbocycles. The molecule has 1 heterocycles. The summed E-state index contributed by atoms with van der Waals surface area (Å²) in [5.41, 5.74) is 0.930. The van der Waals surface area contributed by atoms with Crippen molar-refractivity contribution in [2.75, 3.05) is 27.3 Å². The van der Waals surface area contributed by atoms with Crippen LogP contribution in [0.1, 0.15) is 12.1 Å². The van der Waals surface area contributed by atoms with Gasteiger partial charge in [-0.05, 0) is 13.5 Å². The Kier molecular flexibility index (Phi) is 6.27. The van der Waals surface area contributed by atoms with Gasteiger partial charge in [-0.25, -0.2) is 4.98 Å². The van der Waals surface area contributed by atoms with Gasteiger partial charge in [-0.3, -0.25) is 4.79 Å². The molecule has 0 unspecified atom stereocenters. The minimum Gasteiger partial charge on any atom is -0.385 e. The molecule has 6 heteroatoms. The summed E-state index contributed by atoms with van der Waals surface area (Å²) in [6, 6.07) is 0. The van der Waals surface area contributed by atoms with Crippen LogP contribution in [0.4, 0.5) is 0 Å². The third-order valence-electron chi connectivity index (χ3n) is 2.22. The summed E-state index contributed by atoms with van der Waals surface area (Å²) in [5.74, 6) is -0.00508. The number of amides is 1. The quantitative estimate of drug-likeness (QED) is 0.615. The molecule has 1 aromatic heterocycles. The first kappa shape index (κ1) is 13.7. The van der Waals surface area contributed by atoms with E-state index < -0.39 is 0 Å². The third-order valence-corrected chi connectivity index (χ3v) is 2.22. The molecule has 1 rings (SSSR count). The summed E-state index contributed by atoms with van der Waals surface area (Å²) in [6.45, 7) is 2.33. The van der Waals surface area contributed by atoms with Crippen LogP contribution in [0.3, 0.4) is 0 Å². The number of nitrogens with one attached hydrogen (secondary N) is 2. The van der Waals surface area contributed by atoms with Crippen LogP contribution in [-0.4, -0.2) is 42.8 Å². The minimum absolute atomic E-state index is 0.00508. The number of aromatic nitrogens is 2. The number of carbonyl (C=O) groups is 1. The number of ether oxygens (including phenoxy) is 1. The van der Waals surface area contributed by atoms with E-state index in [4.69, 9.17) is 4.74 Å². The first-order valence-corrected chi connectivity index (χ1v) is 5.67. The zero-order valence-corrected chi connectivity index (χ0v) is 10.4. The Labute approximate surface area is 101 Å². The molecule has 0 fully saturated rings. The average Bonchev–Trinajstić information content (AvgIpc) is 2.73. The van der Waals surface area contributed by atoms with Gasteiger partial charge in [0.25, 0.3) is 0 Å². The maximum atomic E-state index is 11.5.